The average Bonchev–Trinajstić information content (AvgIpc) is 2.89. The maximum absolute atomic E-state index is 12.5. The van der Waals surface area contributed by atoms with Gasteiger partial charge < -0.3 is 10.6 Å². The van der Waals surface area contributed by atoms with E-state index in [4.69, 9.17) is 5.73 Å². The Bertz CT molecular complexity index is 259. The van der Waals surface area contributed by atoms with Crippen molar-refractivity contribution in [1.29, 1.82) is 0 Å². The van der Waals surface area contributed by atoms with Gasteiger partial charge in [-0.3, -0.25) is 4.79 Å². The van der Waals surface area contributed by atoms with Crippen LogP contribution in [0.3, 0.4) is 0 Å². The van der Waals surface area contributed by atoms with Gasteiger partial charge in [-0.05, 0) is 31.6 Å². The zero-order valence-electron chi connectivity index (χ0n) is 13.0. The first kappa shape index (κ1) is 16.5. The number of rotatable bonds is 8. The zero-order valence-corrected chi connectivity index (χ0v) is 13.0. The average molecular weight is 268 g/mol. The highest BCUT2D eigenvalue weighted by atomic mass is 16.2. The van der Waals surface area contributed by atoms with Crippen LogP contribution in [-0.4, -0.2) is 29.4 Å². The SMILES string of the molecule is CCCC[C@H](N)C(=O)N(CCC(C)C)C1CCCC1. The number of carbonyl (C=O) groups is 1. The van der Waals surface area contributed by atoms with Gasteiger partial charge in [-0.1, -0.05) is 46.5 Å². The highest BCUT2D eigenvalue weighted by molar-refractivity contribution is 5.82. The third kappa shape index (κ3) is 5.52. The smallest absolute Gasteiger partial charge is 0.239 e. The summed E-state index contributed by atoms with van der Waals surface area (Å²) in [7, 11) is 0. The fraction of sp³-hybridized carbons (Fsp3) is 0.938. The first-order valence-electron chi connectivity index (χ1n) is 8.12. The maximum atomic E-state index is 12.5. The molecule has 3 heteroatoms. The van der Waals surface area contributed by atoms with Crippen molar-refractivity contribution in [2.45, 2.75) is 84.2 Å². The van der Waals surface area contributed by atoms with Crippen molar-refractivity contribution < 1.29 is 4.79 Å². The quantitative estimate of drug-likeness (QED) is 0.734. The molecule has 1 fully saturated rings. The lowest BCUT2D eigenvalue weighted by atomic mass is 10.1. The lowest BCUT2D eigenvalue weighted by molar-refractivity contribution is -0.135. The third-order valence-electron chi connectivity index (χ3n) is 4.18. The van der Waals surface area contributed by atoms with Crippen LogP contribution in [0, 0.1) is 5.92 Å². The molecule has 0 aromatic heterocycles. The van der Waals surface area contributed by atoms with Crippen LogP contribution in [0.25, 0.3) is 0 Å². The zero-order chi connectivity index (χ0) is 14.3. The summed E-state index contributed by atoms with van der Waals surface area (Å²) in [5, 5.41) is 0. The Balaban J connectivity index is 2.57. The van der Waals surface area contributed by atoms with E-state index in [1.165, 1.54) is 25.7 Å². The summed E-state index contributed by atoms with van der Waals surface area (Å²) in [4.78, 5) is 14.7. The molecule has 1 saturated carbocycles. The molecule has 2 N–H and O–H groups in total. The summed E-state index contributed by atoms with van der Waals surface area (Å²) in [5.41, 5.74) is 6.09. The van der Waals surface area contributed by atoms with Crippen molar-refractivity contribution in [1.82, 2.24) is 4.90 Å². The Morgan fingerprint density at radius 3 is 2.42 bits per heavy atom. The van der Waals surface area contributed by atoms with Crippen LogP contribution in [0.2, 0.25) is 0 Å². The van der Waals surface area contributed by atoms with E-state index in [1.54, 1.807) is 0 Å². The molecule has 0 spiro atoms. The molecular weight excluding hydrogens is 236 g/mol. The molecule has 0 radical (unpaired) electrons. The highest BCUT2D eigenvalue weighted by Gasteiger charge is 2.29. The first-order valence-corrected chi connectivity index (χ1v) is 8.12. The van der Waals surface area contributed by atoms with Crippen molar-refractivity contribution in [3.05, 3.63) is 0 Å². The normalized spacial score (nSPS) is 17.9. The van der Waals surface area contributed by atoms with Crippen LogP contribution in [0.5, 0.6) is 0 Å². The van der Waals surface area contributed by atoms with Crippen LogP contribution in [0.15, 0.2) is 0 Å². The molecule has 0 aliphatic heterocycles. The highest BCUT2D eigenvalue weighted by Crippen LogP contribution is 2.25. The molecule has 0 unspecified atom stereocenters. The van der Waals surface area contributed by atoms with Crippen molar-refractivity contribution in [2.24, 2.45) is 11.7 Å². The Morgan fingerprint density at radius 2 is 1.89 bits per heavy atom. The summed E-state index contributed by atoms with van der Waals surface area (Å²) < 4.78 is 0. The Kier molecular flexibility index (Phi) is 7.44. The number of amides is 1. The van der Waals surface area contributed by atoms with Gasteiger partial charge in [0.15, 0.2) is 0 Å². The largest absolute Gasteiger partial charge is 0.338 e. The number of hydrogen-bond acceptors (Lipinski definition) is 2. The molecule has 1 rings (SSSR count). The molecule has 0 aromatic carbocycles. The predicted molar refractivity (Wildman–Crippen MR) is 80.9 cm³/mol. The second-order valence-corrected chi connectivity index (χ2v) is 6.40. The van der Waals surface area contributed by atoms with Crippen LogP contribution in [0.1, 0.15) is 72.1 Å². The van der Waals surface area contributed by atoms with E-state index in [2.05, 4.69) is 25.7 Å². The van der Waals surface area contributed by atoms with Gasteiger partial charge >= 0.3 is 0 Å². The summed E-state index contributed by atoms with van der Waals surface area (Å²) in [6, 6.07) is 0.173. The van der Waals surface area contributed by atoms with Crippen molar-refractivity contribution in [3.8, 4) is 0 Å². The van der Waals surface area contributed by atoms with Gasteiger partial charge in [0, 0.05) is 12.6 Å². The minimum Gasteiger partial charge on any atom is -0.338 e. The Morgan fingerprint density at radius 1 is 1.26 bits per heavy atom. The fourth-order valence-electron chi connectivity index (χ4n) is 2.85. The number of carbonyl (C=O) groups excluding carboxylic acids is 1. The van der Waals surface area contributed by atoms with E-state index in [0.29, 0.717) is 12.0 Å². The minimum atomic E-state index is -0.285. The van der Waals surface area contributed by atoms with Gasteiger partial charge in [-0.2, -0.15) is 0 Å². The number of unbranched alkanes of at least 4 members (excludes halogenated alkanes) is 1. The first-order chi connectivity index (χ1) is 9.06. The summed E-state index contributed by atoms with van der Waals surface area (Å²) in [5.74, 6) is 0.838. The number of nitrogens with zero attached hydrogens (tertiary/aromatic N) is 1. The maximum Gasteiger partial charge on any atom is 0.239 e. The second kappa shape index (κ2) is 8.57. The second-order valence-electron chi connectivity index (χ2n) is 6.40. The molecule has 1 aliphatic carbocycles. The summed E-state index contributed by atoms with van der Waals surface area (Å²) in [6.45, 7) is 7.47. The van der Waals surface area contributed by atoms with E-state index in [-0.39, 0.29) is 11.9 Å². The van der Waals surface area contributed by atoms with Crippen molar-refractivity contribution in [2.75, 3.05) is 6.54 Å². The molecule has 1 aliphatic rings. The lowest BCUT2D eigenvalue weighted by Gasteiger charge is -2.32. The van der Waals surface area contributed by atoms with E-state index in [1.807, 2.05) is 0 Å². The van der Waals surface area contributed by atoms with Gasteiger partial charge in [0.2, 0.25) is 5.91 Å². The van der Waals surface area contributed by atoms with Crippen LogP contribution < -0.4 is 5.73 Å². The monoisotopic (exact) mass is 268 g/mol. The number of hydrogen-bond donors (Lipinski definition) is 1. The number of nitrogens with two attached hydrogens (primary N) is 1. The standard InChI is InChI=1S/C16H32N2O/c1-4-5-10-15(17)16(19)18(12-11-13(2)3)14-8-6-7-9-14/h13-15H,4-12,17H2,1-3H3/t15-/m0/s1. The van der Waals surface area contributed by atoms with E-state index in [0.717, 1.165) is 32.2 Å². The van der Waals surface area contributed by atoms with Crippen LogP contribution in [0.4, 0.5) is 0 Å². The Hall–Kier alpha value is -0.570. The molecule has 0 saturated heterocycles. The van der Waals surface area contributed by atoms with E-state index < -0.39 is 0 Å². The van der Waals surface area contributed by atoms with E-state index in [9.17, 15) is 4.79 Å². The molecule has 19 heavy (non-hydrogen) atoms. The lowest BCUT2D eigenvalue weighted by Crippen LogP contribution is -2.48. The van der Waals surface area contributed by atoms with Crippen molar-refractivity contribution >= 4 is 5.91 Å². The van der Waals surface area contributed by atoms with Gasteiger partial charge in [-0.15, -0.1) is 0 Å². The van der Waals surface area contributed by atoms with Gasteiger partial charge in [0.1, 0.15) is 0 Å². The van der Waals surface area contributed by atoms with Crippen molar-refractivity contribution in [3.63, 3.8) is 0 Å². The Labute approximate surface area is 118 Å². The van der Waals surface area contributed by atoms with Gasteiger partial charge in [0.25, 0.3) is 0 Å². The summed E-state index contributed by atoms with van der Waals surface area (Å²) in [6.07, 6.45) is 8.95. The minimum absolute atomic E-state index is 0.195. The topological polar surface area (TPSA) is 46.3 Å². The summed E-state index contributed by atoms with van der Waals surface area (Å²) >= 11 is 0. The fourth-order valence-corrected chi connectivity index (χ4v) is 2.85. The van der Waals surface area contributed by atoms with Crippen LogP contribution in [-0.2, 0) is 4.79 Å². The molecule has 1 amide bonds. The van der Waals surface area contributed by atoms with E-state index >= 15 is 0 Å². The van der Waals surface area contributed by atoms with Gasteiger partial charge in [-0.25, -0.2) is 0 Å². The third-order valence-corrected chi connectivity index (χ3v) is 4.18. The predicted octanol–water partition coefficient (Wildman–Crippen LogP) is 3.32. The van der Waals surface area contributed by atoms with Gasteiger partial charge in [0.05, 0.1) is 6.04 Å². The molecule has 0 aromatic rings. The molecule has 0 heterocycles. The molecule has 1 atom stereocenters. The van der Waals surface area contributed by atoms with Crippen LogP contribution >= 0.6 is 0 Å². The molecule has 112 valence electrons. The molecule has 0 bridgehead atoms. The molecule has 3 nitrogen and oxygen atoms in total. The molecular formula is C16H32N2O.